The predicted molar refractivity (Wildman–Crippen MR) is 70.8 cm³/mol. The molecule has 1 saturated heterocycles. The van der Waals surface area contributed by atoms with Crippen LogP contribution >= 0.6 is 0 Å². The largest absolute Gasteiger partial charge is 0.391 e. The Balaban J connectivity index is 1.59. The molecule has 2 aromatic rings. The highest BCUT2D eigenvalue weighted by Crippen LogP contribution is 2.22. The van der Waals surface area contributed by atoms with E-state index in [0.717, 1.165) is 24.4 Å². The van der Waals surface area contributed by atoms with Crippen molar-refractivity contribution in [2.75, 3.05) is 13.1 Å². The molecule has 1 fully saturated rings. The fourth-order valence-corrected chi connectivity index (χ4v) is 2.71. The van der Waals surface area contributed by atoms with Gasteiger partial charge in [0.15, 0.2) is 5.82 Å². The summed E-state index contributed by atoms with van der Waals surface area (Å²) in [7, 11) is 0. The minimum absolute atomic E-state index is 0.196. The van der Waals surface area contributed by atoms with E-state index in [0.29, 0.717) is 24.8 Å². The minimum atomic E-state index is -0.337. The first-order valence-electron chi connectivity index (χ1n) is 6.80. The van der Waals surface area contributed by atoms with Gasteiger partial charge in [0.05, 0.1) is 18.3 Å². The van der Waals surface area contributed by atoms with Gasteiger partial charge in [-0.05, 0) is 26.3 Å². The average molecular weight is 277 g/mol. The second-order valence-electron chi connectivity index (χ2n) is 5.50. The normalized spacial score (nSPS) is 23.6. The van der Waals surface area contributed by atoms with Crippen LogP contribution in [0.25, 0.3) is 0 Å². The first-order valence-corrected chi connectivity index (χ1v) is 6.80. The molecule has 0 spiro atoms. The highest BCUT2D eigenvalue weighted by molar-refractivity contribution is 5.08. The van der Waals surface area contributed by atoms with Crippen LogP contribution < -0.4 is 0 Å². The summed E-state index contributed by atoms with van der Waals surface area (Å²) >= 11 is 0. The first kappa shape index (κ1) is 13.3. The summed E-state index contributed by atoms with van der Waals surface area (Å²) in [5, 5.41) is 21.1. The molecule has 1 aliphatic heterocycles. The average Bonchev–Trinajstić information content (AvgIpc) is 3.05. The van der Waals surface area contributed by atoms with E-state index < -0.39 is 0 Å². The summed E-state index contributed by atoms with van der Waals surface area (Å²) in [6.07, 6.45) is 0.446. The molecule has 2 atom stereocenters. The van der Waals surface area contributed by atoms with Gasteiger partial charge >= 0.3 is 0 Å². The lowest BCUT2D eigenvalue weighted by molar-refractivity contribution is 0.139. The van der Waals surface area contributed by atoms with Crippen molar-refractivity contribution < 1.29 is 9.63 Å². The number of nitrogens with zero attached hydrogens (tertiary/aromatic N) is 4. The third-order valence-corrected chi connectivity index (χ3v) is 3.64. The zero-order valence-corrected chi connectivity index (χ0v) is 11.7. The number of hydrogen-bond donors (Lipinski definition) is 2. The van der Waals surface area contributed by atoms with Crippen LogP contribution in [0.3, 0.4) is 0 Å². The van der Waals surface area contributed by atoms with E-state index >= 15 is 0 Å². The van der Waals surface area contributed by atoms with Crippen molar-refractivity contribution in [2.24, 2.45) is 5.92 Å². The predicted octanol–water partition coefficient (Wildman–Crippen LogP) is 0.445. The Morgan fingerprint density at radius 2 is 2.30 bits per heavy atom. The molecule has 0 amide bonds. The second-order valence-corrected chi connectivity index (χ2v) is 5.50. The van der Waals surface area contributed by atoms with Gasteiger partial charge in [0.1, 0.15) is 0 Å². The van der Waals surface area contributed by atoms with Crippen LogP contribution in [0.1, 0.15) is 23.1 Å². The summed E-state index contributed by atoms with van der Waals surface area (Å²) in [5.74, 6) is 1.44. The highest BCUT2D eigenvalue weighted by Gasteiger charge is 2.32. The van der Waals surface area contributed by atoms with Crippen LogP contribution in [0.5, 0.6) is 0 Å². The highest BCUT2D eigenvalue weighted by atomic mass is 16.5. The van der Waals surface area contributed by atoms with Gasteiger partial charge in [-0.2, -0.15) is 10.1 Å². The zero-order chi connectivity index (χ0) is 14.1. The Labute approximate surface area is 117 Å². The lowest BCUT2D eigenvalue weighted by Crippen LogP contribution is -2.21. The van der Waals surface area contributed by atoms with Crippen LogP contribution in [-0.2, 0) is 13.0 Å². The Kier molecular flexibility index (Phi) is 3.54. The lowest BCUT2D eigenvalue weighted by Gasteiger charge is -2.12. The summed E-state index contributed by atoms with van der Waals surface area (Å²) < 4.78 is 5.12. The van der Waals surface area contributed by atoms with Crippen molar-refractivity contribution in [3.05, 3.63) is 29.2 Å². The van der Waals surface area contributed by atoms with Crippen molar-refractivity contribution in [3.8, 4) is 0 Å². The number of β-amino-alcohol motifs (C(OH)–C–C–N with tert-alkyl or cyclic N) is 1. The molecule has 0 aliphatic carbocycles. The van der Waals surface area contributed by atoms with Gasteiger partial charge in [0.25, 0.3) is 0 Å². The number of aromatic amines is 1. The van der Waals surface area contributed by atoms with E-state index in [4.69, 9.17) is 4.52 Å². The molecule has 7 nitrogen and oxygen atoms in total. The van der Waals surface area contributed by atoms with E-state index in [9.17, 15) is 5.11 Å². The maximum atomic E-state index is 10.2. The molecular weight excluding hydrogens is 258 g/mol. The molecular formula is C13H19N5O2. The Morgan fingerprint density at radius 3 is 2.95 bits per heavy atom. The fraction of sp³-hybridized carbons (Fsp3) is 0.615. The molecule has 3 heterocycles. The lowest BCUT2D eigenvalue weighted by atomic mass is 10.0. The molecule has 108 valence electrons. The third-order valence-electron chi connectivity index (χ3n) is 3.64. The van der Waals surface area contributed by atoms with Gasteiger partial charge in [-0.3, -0.25) is 10.00 Å². The van der Waals surface area contributed by atoms with Crippen LogP contribution in [-0.4, -0.2) is 49.5 Å². The van der Waals surface area contributed by atoms with Crippen molar-refractivity contribution in [3.63, 3.8) is 0 Å². The molecule has 3 rings (SSSR count). The summed E-state index contributed by atoms with van der Waals surface area (Å²) in [4.78, 5) is 6.33. The maximum absolute atomic E-state index is 10.2. The molecule has 0 radical (unpaired) electrons. The molecule has 7 heteroatoms. The summed E-state index contributed by atoms with van der Waals surface area (Å²) in [6.45, 7) is 5.82. The smallest absolute Gasteiger partial charge is 0.240 e. The number of aryl methyl sites for hydroxylation is 2. The molecule has 0 saturated carbocycles. The van der Waals surface area contributed by atoms with E-state index in [1.807, 2.05) is 13.0 Å². The van der Waals surface area contributed by atoms with Crippen LogP contribution in [0.15, 0.2) is 10.6 Å². The van der Waals surface area contributed by atoms with E-state index in [1.54, 1.807) is 6.92 Å². The van der Waals surface area contributed by atoms with Crippen LogP contribution in [0.4, 0.5) is 0 Å². The van der Waals surface area contributed by atoms with Gasteiger partial charge in [-0.25, -0.2) is 0 Å². The molecule has 2 N–H and O–H groups in total. The number of aromatic nitrogens is 4. The topological polar surface area (TPSA) is 91.1 Å². The second kappa shape index (κ2) is 5.34. The van der Waals surface area contributed by atoms with Gasteiger partial charge in [0.2, 0.25) is 5.89 Å². The number of H-pyrrole nitrogens is 1. The summed E-state index contributed by atoms with van der Waals surface area (Å²) in [6, 6.07) is 2.02. The van der Waals surface area contributed by atoms with Crippen molar-refractivity contribution in [1.29, 1.82) is 0 Å². The quantitative estimate of drug-likeness (QED) is 0.843. The number of aliphatic hydroxyl groups excluding tert-OH is 1. The third kappa shape index (κ3) is 2.88. The van der Waals surface area contributed by atoms with Crippen molar-refractivity contribution in [2.45, 2.75) is 32.9 Å². The number of aliphatic hydroxyl groups is 1. The first-order chi connectivity index (χ1) is 9.60. The molecule has 1 aliphatic rings. The molecule has 0 bridgehead atoms. The fourth-order valence-electron chi connectivity index (χ4n) is 2.71. The number of likely N-dealkylation sites (tertiary alicyclic amines) is 1. The number of rotatable bonds is 4. The Morgan fingerprint density at radius 1 is 1.45 bits per heavy atom. The zero-order valence-electron chi connectivity index (χ0n) is 11.7. The van der Waals surface area contributed by atoms with Gasteiger partial charge in [-0.1, -0.05) is 5.16 Å². The number of nitrogens with one attached hydrogen (secondary N) is 1. The Bertz CT molecular complexity index is 579. The van der Waals surface area contributed by atoms with Crippen LogP contribution in [0, 0.1) is 19.8 Å². The van der Waals surface area contributed by atoms with Crippen LogP contribution in [0.2, 0.25) is 0 Å². The monoisotopic (exact) mass is 277 g/mol. The van der Waals surface area contributed by atoms with Gasteiger partial charge in [-0.15, -0.1) is 0 Å². The molecule has 0 unspecified atom stereocenters. The SMILES string of the molecule is Cc1noc(CN2C[C@@H](Cc3cc(C)[nH]n3)[C@H](O)C2)n1. The molecule has 0 aromatic carbocycles. The van der Waals surface area contributed by atoms with E-state index in [-0.39, 0.29) is 12.0 Å². The number of hydrogen-bond acceptors (Lipinski definition) is 6. The van der Waals surface area contributed by atoms with E-state index in [2.05, 4.69) is 25.2 Å². The maximum Gasteiger partial charge on any atom is 0.240 e. The van der Waals surface area contributed by atoms with Crippen molar-refractivity contribution >= 4 is 0 Å². The molecule has 2 aromatic heterocycles. The van der Waals surface area contributed by atoms with E-state index in [1.165, 1.54) is 0 Å². The standard InChI is InChI=1S/C13H19N5O2/c1-8-3-11(16-15-8)4-10-5-18(6-12(10)19)7-13-14-9(2)17-20-13/h3,10,12,19H,4-7H2,1-2H3,(H,15,16)/t10-,12-/m1/s1. The minimum Gasteiger partial charge on any atom is -0.391 e. The van der Waals surface area contributed by atoms with Gasteiger partial charge in [0, 0.05) is 24.7 Å². The Hall–Kier alpha value is -1.73. The molecule has 20 heavy (non-hydrogen) atoms. The van der Waals surface area contributed by atoms with Crippen molar-refractivity contribution in [1.82, 2.24) is 25.2 Å². The summed E-state index contributed by atoms with van der Waals surface area (Å²) in [5.41, 5.74) is 2.05. The van der Waals surface area contributed by atoms with Gasteiger partial charge < -0.3 is 9.63 Å².